The van der Waals surface area contributed by atoms with E-state index in [1.165, 1.54) is 33.0 Å². The van der Waals surface area contributed by atoms with Crippen molar-refractivity contribution >= 4 is 10.8 Å². The maximum atomic E-state index is 5.12. The molecule has 0 N–H and O–H groups in total. The van der Waals surface area contributed by atoms with E-state index in [2.05, 4.69) is 170 Å². The smallest absolute Gasteiger partial charge is 0.160 e. The quantitative estimate of drug-likeness (QED) is 0.194. The lowest BCUT2D eigenvalue weighted by Crippen LogP contribution is -1.96. The van der Waals surface area contributed by atoms with Crippen LogP contribution in [0.15, 0.2) is 182 Å². The summed E-state index contributed by atoms with van der Waals surface area (Å²) in [7, 11) is 0. The van der Waals surface area contributed by atoms with Crippen LogP contribution < -0.4 is 0 Å². The predicted molar refractivity (Wildman–Crippen MR) is 192 cm³/mol. The molecule has 216 valence electrons. The summed E-state index contributed by atoms with van der Waals surface area (Å²) < 4.78 is 0. The van der Waals surface area contributed by atoms with Gasteiger partial charge in [-0.3, -0.25) is 0 Å². The standard InChI is InChI=1S/C44H30N2/c1-3-12-31(13-4-1)32-24-26-35(27-25-32)43-30-42(34-15-5-2-6-16-34)45-44(46-43)39-21-10-19-37(29-39)36-18-9-20-38(28-36)41-23-11-17-33-14-7-8-22-40(33)41/h1-30H. The molecule has 0 unspecified atom stereocenters. The third-order valence-corrected chi connectivity index (χ3v) is 8.50. The fourth-order valence-corrected chi connectivity index (χ4v) is 6.13. The van der Waals surface area contributed by atoms with Crippen LogP contribution in [-0.2, 0) is 0 Å². The molecule has 2 nitrogen and oxygen atoms in total. The van der Waals surface area contributed by atoms with E-state index in [0.29, 0.717) is 5.82 Å². The Balaban J connectivity index is 1.20. The van der Waals surface area contributed by atoms with E-state index in [1.807, 2.05) is 12.1 Å². The van der Waals surface area contributed by atoms with Gasteiger partial charge in [-0.2, -0.15) is 0 Å². The Hall–Kier alpha value is -6.12. The van der Waals surface area contributed by atoms with Gasteiger partial charge in [0, 0.05) is 16.7 Å². The van der Waals surface area contributed by atoms with E-state index < -0.39 is 0 Å². The van der Waals surface area contributed by atoms with Crippen LogP contribution in [0.1, 0.15) is 0 Å². The topological polar surface area (TPSA) is 25.8 Å². The van der Waals surface area contributed by atoms with Crippen molar-refractivity contribution < 1.29 is 0 Å². The van der Waals surface area contributed by atoms with Gasteiger partial charge in [0.25, 0.3) is 0 Å². The molecular formula is C44H30N2. The summed E-state index contributed by atoms with van der Waals surface area (Å²) >= 11 is 0. The van der Waals surface area contributed by atoms with E-state index in [-0.39, 0.29) is 0 Å². The molecule has 8 aromatic rings. The van der Waals surface area contributed by atoms with Crippen molar-refractivity contribution in [1.29, 1.82) is 0 Å². The fourth-order valence-electron chi connectivity index (χ4n) is 6.13. The summed E-state index contributed by atoms with van der Waals surface area (Å²) in [5.41, 5.74) is 12.0. The molecule has 46 heavy (non-hydrogen) atoms. The molecule has 0 fully saturated rings. The second kappa shape index (κ2) is 12.1. The highest BCUT2D eigenvalue weighted by atomic mass is 14.9. The van der Waals surface area contributed by atoms with E-state index in [9.17, 15) is 0 Å². The zero-order valence-corrected chi connectivity index (χ0v) is 25.2. The monoisotopic (exact) mass is 586 g/mol. The van der Waals surface area contributed by atoms with Crippen molar-refractivity contribution in [2.24, 2.45) is 0 Å². The lowest BCUT2D eigenvalue weighted by molar-refractivity contribution is 1.18. The van der Waals surface area contributed by atoms with Gasteiger partial charge in [-0.1, -0.05) is 164 Å². The summed E-state index contributed by atoms with van der Waals surface area (Å²) in [4.78, 5) is 10.2. The summed E-state index contributed by atoms with van der Waals surface area (Å²) in [6.07, 6.45) is 0. The Labute approximate surface area is 269 Å². The Bertz CT molecular complexity index is 2280. The van der Waals surface area contributed by atoms with Crippen LogP contribution >= 0.6 is 0 Å². The summed E-state index contributed by atoms with van der Waals surface area (Å²) in [5.74, 6) is 0.704. The van der Waals surface area contributed by atoms with Gasteiger partial charge in [0.1, 0.15) is 0 Å². The molecule has 0 radical (unpaired) electrons. The van der Waals surface area contributed by atoms with Crippen molar-refractivity contribution in [2.45, 2.75) is 0 Å². The van der Waals surface area contributed by atoms with Crippen molar-refractivity contribution in [3.8, 4) is 67.3 Å². The largest absolute Gasteiger partial charge is 0.228 e. The zero-order chi connectivity index (χ0) is 30.7. The average Bonchev–Trinajstić information content (AvgIpc) is 3.15. The number of hydrogen-bond acceptors (Lipinski definition) is 2. The van der Waals surface area contributed by atoms with Crippen LogP contribution in [0.2, 0.25) is 0 Å². The Morgan fingerprint density at radius 3 is 1.46 bits per heavy atom. The average molecular weight is 587 g/mol. The number of aromatic nitrogens is 2. The first-order valence-corrected chi connectivity index (χ1v) is 15.6. The molecule has 0 amide bonds. The minimum absolute atomic E-state index is 0.704. The first-order chi connectivity index (χ1) is 22.8. The predicted octanol–water partition coefficient (Wildman–Crippen LogP) is 11.6. The number of nitrogens with zero attached hydrogens (tertiary/aromatic N) is 2. The summed E-state index contributed by atoms with van der Waals surface area (Å²) in [6.45, 7) is 0. The maximum Gasteiger partial charge on any atom is 0.160 e. The maximum absolute atomic E-state index is 5.12. The van der Waals surface area contributed by atoms with Crippen LogP contribution in [0.25, 0.3) is 78.1 Å². The normalized spacial score (nSPS) is 11.0. The second-order valence-electron chi connectivity index (χ2n) is 11.5. The number of rotatable bonds is 6. The lowest BCUT2D eigenvalue weighted by Gasteiger charge is -2.12. The molecule has 0 bridgehead atoms. The molecule has 0 aliphatic rings. The first kappa shape index (κ1) is 27.4. The van der Waals surface area contributed by atoms with Crippen LogP contribution in [0.5, 0.6) is 0 Å². The third kappa shape index (κ3) is 5.49. The second-order valence-corrected chi connectivity index (χ2v) is 11.5. The van der Waals surface area contributed by atoms with E-state index in [4.69, 9.17) is 9.97 Å². The SMILES string of the molecule is c1ccc(-c2ccc(-c3cc(-c4ccccc4)nc(-c4cccc(-c5cccc(-c6cccc7ccccc67)c5)c4)n3)cc2)cc1. The minimum Gasteiger partial charge on any atom is -0.228 e. The molecule has 1 heterocycles. The fraction of sp³-hybridized carbons (Fsp3) is 0. The summed E-state index contributed by atoms with van der Waals surface area (Å²) in [5, 5.41) is 2.50. The van der Waals surface area contributed by atoms with Crippen LogP contribution in [0.3, 0.4) is 0 Å². The highest BCUT2D eigenvalue weighted by molar-refractivity contribution is 5.97. The van der Waals surface area contributed by atoms with Crippen LogP contribution in [0.4, 0.5) is 0 Å². The van der Waals surface area contributed by atoms with E-state index in [0.717, 1.165) is 39.2 Å². The van der Waals surface area contributed by atoms with Gasteiger partial charge in [0.2, 0.25) is 0 Å². The molecule has 0 saturated carbocycles. The van der Waals surface area contributed by atoms with Gasteiger partial charge in [0.05, 0.1) is 11.4 Å². The highest BCUT2D eigenvalue weighted by Crippen LogP contribution is 2.34. The molecule has 8 rings (SSSR count). The van der Waals surface area contributed by atoms with Crippen LogP contribution in [0, 0.1) is 0 Å². The highest BCUT2D eigenvalue weighted by Gasteiger charge is 2.13. The molecule has 0 atom stereocenters. The van der Waals surface area contributed by atoms with Crippen molar-refractivity contribution in [2.75, 3.05) is 0 Å². The van der Waals surface area contributed by atoms with Crippen molar-refractivity contribution in [3.63, 3.8) is 0 Å². The molecule has 0 aliphatic heterocycles. The molecule has 0 aliphatic carbocycles. The summed E-state index contributed by atoms with van der Waals surface area (Å²) in [6, 6.07) is 63.9. The van der Waals surface area contributed by atoms with Gasteiger partial charge in [0.15, 0.2) is 5.82 Å². The zero-order valence-electron chi connectivity index (χ0n) is 25.2. The van der Waals surface area contributed by atoms with E-state index in [1.54, 1.807) is 0 Å². The van der Waals surface area contributed by atoms with Gasteiger partial charge >= 0.3 is 0 Å². The Kier molecular flexibility index (Phi) is 7.22. The number of benzene rings is 7. The Morgan fingerprint density at radius 1 is 0.283 bits per heavy atom. The third-order valence-electron chi connectivity index (χ3n) is 8.50. The number of hydrogen-bond donors (Lipinski definition) is 0. The van der Waals surface area contributed by atoms with Crippen molar-refractivity contribution in [3.05, 3.63) is 182 Å². The lowest BCUT2D eigenvalue weighted by atomic mass is 9.95. The van der Waals surface area contributed by atoms with Crippen LogP contribution in [-0.4, -0.2) is 9.97 Å². The molecule has 1 aromatic heterocycles. The molecular weight excluding hydrogens is 556 g/mol. The Morgan fingerprint density at radius 2 is 0.739 bits per heavy atom. The first-order valence-electron chi connectivity index (χ1n) is 15.6. The molecule has 0 spiro atoms. The van der Waals surface area contributed by atoms with Gasteiger partial charge < -0.3 is 0 Å². The van der Waals surface area contributed by atoms with Gasteiger partial charge in [-0.25, -0.2) is 9.97 Å². The minimum atomic E-state index is 0.704. The molecule has 2 heteroatoms. The molecule has 7 aromatic carbocycles. The molecule has 0 saturated heterocycles. The van der Waals surface area contributed by atoms with E-state index >= 15 is 0 Å². The van der Waals surface area contributed by atoms with Gasteiger partial charge in [-0.15, -0.1) is 0 Å². The number of fused-ring (bicyclic) bond motifs is 1. The van der Waals surface area contributed by atoms with Gasteiger partial charge in [-0.05, 0) is 62.4 Å². The van der Waals surface area contributed by atoms with Crippen molar-refractivity contribution in [1.82, 2.24) is 9.97 Å².